The van der Waals surface area contributed by atoms with Crippen LogP contribution >= 0.6 is 15.9 Å². The summed E-state index contributed by atoms with van der Waals surface area (Å²) >= 11 is 3.39. The molecule has 100 valence electrons. The molecule has 3 nitrogen and oxygen atoms in total. The predicted octanol–water partition coefficient (Wildman–Crippen LogP) is 3.64. The largest absolute Gasteiger partial charge is 0.464 e. The second-order valence-corrected chi connectivity index (χ2v) is 5.70. The van der Waals surface area contributed by atoms with Crippen LogP contribution in [0.1, 0.15) is 43.6 Å². The van der Waals surface area contributed by atoms with E-state index in [4.69, 9.17) is 4.42 Å². The first-order chi connectivity index (χ1) is 8.70. The molecule has 1 aliphatic carbocycles. The maximum Gasteiger partial charge on any atom is 0.223 e. The summed E-state index contributed by atoms with van der Waals surface area (Å²) in [6.45, 7) is 2.56. The van der Waals surface area contributed by atoms with Crippen molar-refractivity contribution < 1.29 is 9.21 Å². The number of hydrogen-bond acceptors (Lipinski definition) is 2. The van der Waals surface area contributed by atoms with E-state index in [0.717, 1.165) is 42.5 Å². The summed E-state index contributed by atoms with van der Waals surface area (Å²) in [6.07, 6.45) is 4.96. The van der Waals surface area contributed by atoms with Gasteiger partial charge >= 0.3 is 0 Å². The van der Waals surface area contributed by atoms with Gasteiger partial charge in [0.05, 0.1) is 6.54 Å². The van der Waals surface area contributed by atoms with Gasteiger partial charge in [0.25, 0.3) is 0 Å². The average molecular weight is 314 g/mol. The number of furan rings is 1. The van der Waals surface area contributed by atoms with Crippen molar-refractivity contribution in [3.05, 3.63) is 23.7 Å². The van der Waals surface area contributed by atoms with Crippen LogP contribution < -0.4 is 0 Å². The minimum atomic E-state index is 0.271. The highest BCUT2D eigenvalue weighted by molar-refractivity contribution is 9.09. The van der Waals surface area contributed by atoms with E-state index < -0.39 is 0 Å². The van der Waals surface area contributed by atoms with Gasteiger partial charge in [-0.05, 0) is 44.7 Å². The van der Waals surface area contributed by atoms with Crippen LogP contribution in [0.25, 0.3) is 0 Å². The number of alkyl halides is 1. The monoisotopic (exact) mass is 313 g/mol. The maximum absolute atomic E-state index is 12.2. The molecule has 0 aromatic carbocycles. The quantitative estimate of drug-likeness (QED) is 0.569. The number of aryl methyl sites for hydroxylation is 1. The van der Waals surface area contributed by atoms with Crippen molar-refractivity contribution in [1.82, 2.24) is 4.90 Å². The van der Waals surface area contributed by atoms with Crippen molar-refractivity contribution in [3.63, 3.8) is 0 Å². The van der Waals surface area contributed by atoms with Crippen molar-refractivity contribution in [3.8, 4) is 0 Å². The Morgan fingerprint density at radius 3 is 2.78 bits per heavy atom. The van der Waals surface area contributed by atoms with Crippen LogP contribution in [0.3, 0.4) is 0 Å². The molecule has 1 saturated carbocycles. The van der Waals surface area contributed by atoms with E-state index in [1.54, 1.807) is 0 Å². The van der Waals surface area contributed by atoms with Gasteiger partial charge in [-0.25, -0.2) is 0 Å². The van der Waals surface area contributed by atoms with Gasteiger partial charge in [-0.2, -0.15) is 0 Å². The van der Waals surface area contributed by atoms with Crippen LogP contribution in [-0.2, 0) is 11.3 Å². The van der Waals surface area contributed by atoms with Gasteiger partial charge in [-0.3, -0.25) is 4.79 Å². The van der Waals surface area contributed by atoms with Gasteiger partial charge in [-0.1, -0.05) is 15.9 Å². The third kappa shape index (κ3) is 3.87. The van der Waals surface area contributed by atoms with Crippen LogP contribution in [0.5, 0.6) is 0 Å². The van der Waals surface area contributed by atoms with E-state index >= 15 is 0 Å². The van der Waals surface area contributed by atoms with Gasteiger partial charge in [0.15, 0.2) is 0 Å². The fraction of sp³-hybridized carbons (Fsp3) is 0.643. The van der Waals surface area contributed by atoms with Gasteiger partial charge in [-0.15, -0.1) is 0 Å². The van der Waals surface area contributed by atoms with Crippen LogP contribution in [-0.4, -0.2) is 22.2 Å². The standard InChI is InChI=1S/C14H20BrNO2/c1-11-5-8-13(18-11)10-16(12-6-7-12)14(17)4-2-3-9-15/h5,8,12H,2-4,6-7,9-10H2,1H3. The van der Waals surface area contributed by atoms with Crippen LogP contribution in [0.2, 0.25) is 0 Å². The molecule has 0 aliphatic heterocycles. The molecule has 0 spiro atoms. The molecule has 4 heteroatoms. The molecule has 18 heavy (non-hydrogen) atoms. The first kappa shape index (κ1) is 13.7. The molecule has 1 aromatic heterocycles. The zero-order valence-corrected chi connectivity index (χ0v) is 12.4. The lowest BCUT2D eigenvalue weighted by molar-refractivity contribution is -0.132. The average Bonchev–Trinajstić information content (AvgIpc) is 3.10. The number of carbonyl (C=O) groups is 1. The summed E-state index contributed by atoms with van der Waals surface area (Å²) in [4.78, 5) is 14.2. The molecule has 1 aromatic rings. The third-order valence-corrected chi connectivity index (χ3v) is 3.77. The van der Waals surface area contributed by atoms with E-state index in [9.17, 15) is 4.79 Å². The molecule has 0 radical (unpaired) electrons. The Morgan fingerprint density at radius 1 is 1.44 bits per heavy atom. The van der Waals surface area contributed by atoms with E-state index in [0.29, 0.717) is 19.0 Å². The Morgan fingerprint density at radius 2 is 2.22 bits per heavy atom. The van der Waals surface area contributed by atoms with Gasteiger partial charge in [0, 0.05) is 17.8 Å². The second kappa shape index (κ2) is 6.41. The Bertz CT molecular complexity index is 398. The summed E-state index contributed by atoms with van der Waals surface area (Å²) in [5.74, 6) is 2.08. The molecule has 0 atom stereocenters. The number of amides is 1. The van der Waals surface area contributed by atoms with Gasteiger partial charge in [0.1, 0.15) is 11.5 Å². The van der Waals surface area contributed by atoms with Crippen LogP contribution in [0, 0.1) is 6.92 Å². The SMILES string of the molecule is Cc1ccc(CN(C(=O)CCCCBr)C2CC2)o1. The smallest absolute Gasteiger partial charge is 0.223 e. The fourth-order valence-corrected chi connectivity index (χ4v) is 2.46. The molecule has 0 N–H and O–H groups in total. The van der Waals surface area contributed by atoms with E-state index in [2.05, 4.69) is 15.9 Å². The highest BCUT2D eigenvalue weighted by atomic mass is 79.9. The van der Waals surface area contributed by atoms with E-state index in [-0.39, 0.29) is 5.91 Å². The predicted molar refractivity (Wildman–Crippen MR) is 74.7 cm³/mol. The molecule has 1 fully saturated rings. The highest BCUT2D eigenvalue weighted by Crippen LogP contribution is 2.29. The lowest BCUT2D eigenvalue weighted by atomic mass is 10.2. The second-order valence-electron chi connectivity index (χ2n) is 4.91. The molecule has 2 rings (SSSR count). The van der Waals surface area contributed by atoms with Crippen molar-refractivity contribution in [2.24, 2.45) is 0 Å². The third-order valence-electron chi connectivity index (χ3n) is 3.20. The van der Waals surface area contributed by atoms with E-state index in [1.807, 2.05) is 24.0 Å². The number of carbonyl (C=O) groups excluding carboxylic acids is 1. The minimum Gasteiger partial charge on any atom is -0.464 e. The van der Waals surface area contributed by atoms with Crippen LogP contribution in [0.4, 0.5) is 0 Å². The van der Waals surface area contributed by atoms with Crippen molar-refractivity contribution in [2.45, 2.75) is 51.6 Å². The number of halogens is 1. The Balaban J connectivity index is 1.89. The molecule has 0 bridgehead atoms. The molecule has 0 unspecified atom stereocenters. The molecule has 1 aliphatic rings. The normalized spacial score (nSPS) is 14.8. The number of nitrogens with zero attached hydrogens (tertiary/aromatic N) is 1. The Hall–Kier alpha value is -0.770. The lowest BCUT2D eigenvalue weighted by Gasteiger charge is -2.21. The van der Waals surface area contributed by atoms with Gasteiger partial charge < -0.3 is 9.32 Å². The zero-order chi connectivity index (χ0) is 13.0. The molecular weight excluding hydrogens is 294 g/mol. The summed E-state index contributed by atoms with van der Waals surface area (Å²) in [5.41, 5.74) is 0. The fourth-order valence-electron chi connectivity index (χ4n) is 2.06. The zero-order valence-electron chi connectivity index (χ0n) is 10.8. The molecule has 1 heterocycles. The maximum atomic E-state index is 12.2. The topological polar surface area (TPSA) is 33.5 Å². The lowest BCUT2D eigenvalue weighted by Crippen LogP contribution is -2.32. The number of hydrogen-bond donors (Lipinski definition) is 0. The number of unbranched alkanes of at least 4 members (excludes halogenated alkanes) is 1. The summed E-state index contributed by atoms with van der Waals surface area (Å²) in [6, 6.07) is 4.37. The van der Waals surface area contributed by atoms with Gasteiger partial charge in [0.2, 0.25) is 5.91 Å². The van der Waals surface area contributed by atoms with Crippen molar-refractivity contribution in [2.75, 3.05) is 5.33 Å². The van der Waals surface area contributed by atoms with Crippen molar-refractivity contribution >= 4 is 21.8 Å². The summed E-state index contributed by atoms with van der Waals surface area (Å²) in [7, 11) is 0. The Labute approximate surface area is 117 Å². The number of rotatable bonds is 7. The van der Waals surface area contributed by atoms with Crippen molar-refractivity contribution in [1.29, 1.82) is 0 Å². The molecular formula is C14H20BrNO2. The highest BCUT2D eigenvalue weighted by Gasteiger charge is 2.32. The molecule has 1 amide bonds. The Kier molecular flexibility index (Phi) is 4.87. The van der Waals surface area contributed by atoms with Crippen LogP contribution in [0.15, 0.2) is 16.5 Å². The summed E-state index contributed by atoms with van der Waals surface area (Å²) in [5, 5.41) is 0.973. The minimum absolute atomic E-state index is 0.271. The first-order valence-corrected chi connectivity index (χ1v) is 7.73. The molecule has 0 saturated heterocycles. The van der Waals surface area contributed by atoms with E-state index in [1.165, 1.54) is 0 Å². The summed E-state index contributed by atoms with van der Waals surface area (Å²) < 4.78 is 5.57. The first-order valence-electron chi connectivity index (χ1n) is 6.61.